The first kappa shape index (κ1) is 15.7. The molecule has 1 fully saturated rings. The zero-order valence-electron chi connectivity index (χ0n) is 12.7. The monoisotopic (exact) mass is 292 g/mol. The molecule has 2 heterocycles. The zero-order chi connectivity index (χ0) is 15.2. The lowest BCUT2D eigenvalue weighted by Gasteiger charge is -2.22. The number of anilines is 1. The van der Waals surface area contributed by atoms with Gasteiger partial charge in [0.05, 0.1) is 6.61 Å². The number of nitrogens with one attached hydrogen (secondary N) is 2. The summed E-state index contributed by atoms with van der Waals surface area (Å²) >= 11 is 0. The van der Waals surface area contributed by atoms with Gasteiger partial charge < -0.3 is 15.5 Å². The Kier molecular flexibility index (Phi) is 5.52. The molecular formula is C15H24N4O2. The van der Waals surface area contributed by atoms with Crippen LogP contribution in [0.5, 0.6) is 0 Å². The van der Waals surface area contributed by atoms with Gasteiger partial charge in [-0.05, 0) is 36.8 Å². The molecule has 0 bridgehead atoms. The Bertz CT molecular complexity index is 485. The number of ether oxygens (including phenoxy) is 1. The molecule has 1 aliphatic rings. The van der Waals surface area contributed by atoms with E-state index < -0.39 is 0 Å². The molecule has 1 saturated heterocycles. The first-order chi connectivity index (χ1) is 10.1. The lowest BCUT2D eigenvalue weighted by Crippen LogP contribution is -2.33. The van der Waals surface area contributed by atoms with E-state index in [2.05, 4.69) is 15.7 Å². The molecule has 6 heteroatoms. The number of rotatable bonds is 5. The highest BCUT2D eigenvalue weighted by Crippen LogP contribution is 2.17. The van der Waals surface area contributed by atoms with Gasteiger partial charge in [0.1, 0.15) is 5.82 Å². The summed E-state index contributed by atoms with van der Waals surface area (Å²) in [7, 11) is 0. The molecule has 1 atom stereocenters. The van der Waals surface area contributed by atoms with E-state index in [4.69, 9.17) is 10.6 Å². The fourth-order valence-corrected chi connectivity index (χ4v) is 2.36. The smallest absolute Gasteiger partial charge is 0.251 e. The normalized spacial score (nSPS) is 18.6. The van der Waals surface area contributed by atoms with Crippen LogP contribution in [0.3, 0.4) is 0 Å². The van der Waals surface area contributed by atoms with Gasteiger partial charge in [-0.3, -0.25) is 4.79 Å². The van der Waals surface area contributed by atoms with Gasteiger partial charge in [-0.1, -0.05) is 13.8 Å². The van der Waals surface area contributed by atoms with Crippen LogP contribution < -0.4 is 16.6 Å². The van der Waals surface area contributed by atoms with Crippen LogP contribution in [0, 0.1) is 5.92 Å². The predicted molar refractivity (Wildman–Crippen MR) is 82.0 cm³/mol. The third-order valence-electron chi connectivity index (χ3n) is 3.65. The number of hydrogen-bond acceptors (Lipinski definition) is 5. The van der Waals surface area contributed by atoms with Crippen molar-refractivity contribution < 1.29 is 9.53 Å². The predicted octanol–water partition coefficient (Wildman–Crippen LogP) is 1.65. The summed E-state index contributed by atoms with van der Waals surface area (Å²) in [5, 5.41) is 2.97. The molecular weight excluding hydrogens is 268 g/mol. The molecule has 1 aliphatic heterocycles. The van der Waals surface area contributed by atoms with Crippen molar-refractivity contribution in [2.45, 2.75) is 32.6 Å². The van der Waals surface area contributed by atoms with Crippen LogP contribution >= 0.6 is 0 Å². The molecule has 116 valence electrons. The fraction of sp³-hybridized carbons (Fsp3) is 0.600. The average molecular weight is 292 g/mol. The van der Waals surface area contributed by atoms with E-state index >= 15 is 0 Å². The summed E-state index contributed by atoms with van der Waals surface area (Å²) in [6.45, 7) is 6.26. The third kappa shape index (κ3) is 4.41. The van der Waals surface area contributed by atoms with E-state index in [-0.39, 0.29) is 11.8 Å². The van der Waals surface area contributed by atoms with Gasteiger partial charge in [-0.2, -0.15) is 0 Å². The average Bonchev–Trinajstić information content (AvgIpc) is 2.53. The Hall–Kier alpha value is -1.66. The standard InChI is InChI=1S/C15H24N4O2/c1-10(2)13-6-12(7-14(18-13)19-16)15(20)17-8-11-4-3-5-21-9-11/h6-7,10-11H,3-5,8-9,16H2,1-2H3,(H,17,20)(H,18,19). The summed E-state index contributed by atoms with van der Waals surface area (Å²) in [6, 6.07) is 3.48. The van der Waals surface area contributed by atoms with E-state index in [9.17, 15) is 4.79 Å². The van der Waals surface area contributed by atoms with Crippen molar-refractivity contribution in [2.24, 2.45) is 11.8 Å². The van der Waals surface area contributed by atoms with E-state index in [1.807, 2.05) is 19.9 Å². The van der Waals surface area contributed by atoms with Gasteiger partial charge in [0, 0.05) is 24.4 Å². The number of pyridine rings is 1. The topological polar surface area (TPSA) is 89.3 Å². The van der Waals surface area contributed by atoms with E-state index in [1.54, 1.807) is 6.07 Å². The molecule has 6 nitrogen and oxygen atoms in total. The first-order valence-corrected chi connectivity index (χ1v) is 7.44. The molecule has 2 rings (SSSR count). The van der Waals surface area contributed by atoms with Crippen LogP contribution in [-0.2, 0) is 4.74 Å². The van der Waals surface area contributed by atoms with Crippen LogP contribution in [0.2, 0.25) is 0 Å². The van der Waals surface area contributed by atoms with Gasteiger partial charge in [0.15, 0.2) is 0 Å². The van der Waals surface area contributed by atoms with Gasteiger partial charge >= 0.3 is 0 Å². The molecule has 1 unspecified atom stereocenters. The number of carbonyl (C=O) groups is 1. The second kappa shape index (κ2) is 7.38. The fourth-order valence-electron chi connectivity index (χ4n) is 2.36. The molecule has 0 aromatic carbocycles. The summed E-state index contributed by atoms with van der Waals surface area (Å²) < 4.78 is 5.42. The van der Waals surface area contributed by atoms with Gasteiger partial charge in [-0.25, -0.2) is 10.8 Å². The second-order valence-corrected chi connectivity index (χ2v) is 5.76. The maximum absolute atomic E-state index is 12.3. The molecule has 0 spiro atoms. The maximum Gasteiger partial charge on any atom is 0.251 e. The minimum atomic E-state index is -0.0960. The SMILES string of the molecule is CC(C)c1cc(C(=O)NCC2CCCOC2)cc(NN)n1. The molecule has 21 heavy (non-hydrogen) atoms. The number of nitrogens with two attached hydrogens (primary N) is 1. The molecule has 1 aromatic heterocycles. The quantitative estimate of drug-likeness (QED) is 0.567. The highest BCUT2D eigenvalue weighted by atomic mass is 16.5. The van der Waals surface area contributed by atoms with Crippen LogP contribution in [0.4, 0.5) is 5.82 Å². The Labute approximate surface area is 125 Å². The van der Waals surface area contributed by atoms with Crippen molar-refractivity contribution in [2.75, 3.05) is 25.2 Å². The summed E-state index contributed by atoms with van der Waals surface area (Å²) in [4.78, 5) is 16.6. The van der Waals surface area contributed by atoms with Crippen LogP contribution in [0.15, 0.2) is 12.1 Å². The number of nitrogens with zero attached hydrogens (tertiary/aromatic N) is 1. The van der Waals surface area contributed by atoms with Crippen LogP contribution in [-0.4, -0.2) is 30.6 Å². The lowest BCUT2D eigenvalue weighted by molar-refractivity contribution is 0.0536. The zero-order valence-corrected chi connectivity index (χ0v) is 12.7. The number of hydrazine groups is 1. The number of nitrogen functional groups attached to an aromatic ring is 1. The summed E-state index contributed by atoms with van der Waals surface area (Å²) in [5.41, 5.74) is 3.94. The van der Waals surface area contributed by atoms with Crippen LogP contribution in [0.1, 0.15) is 48.7 Å². The Morgan fingerprint density at radius 1 is 1.52 bits per heavy atom. The van der Waals surface area contributed by atoms with Crippen molar-refractivity contribution in [1.82, 2.24) is 10.3 Å². The second-order valence-electron chi connectivity index (χ2n) is 5.76. The number of hydrogen-bond donors (Lipinski definition) is 3. The molecule has 0 radical (unpaired) electrons. The van der Waals surface area contributed by atoms with E-state index in [0.29, 0.717) is 23.8 Å². The lowest BCUT2D eigenvalue weighted by atomic mass is 10.0. The van der Waals surface area contributed by atoms with Crippen molar-refractivity contribution in [3.05, 3.63) is 23.4 Å². The van der Waals surface area contributed by atoms with Crippen molar-refractivity contribution in [3.63, 3.8) is 0 Å². The van der Waals surface area contributed by atoms with E-state index in [1.165, 1.54) is 0 Å². The summed E-state index contributed by atoms with van der Waals surface area (Å²) in [6.07, 6.45) is 2.16. The first-order valence-electron chi connectivity index (χ1n) is 7.44. The summed E-state index contributed by atoms with van der Waals surface area (Å²) in [5.74, 6) is 6.47. The molecule has 4 N–H and O–H groups in total. The van der Waals surface area contributed by atoms with Crippen molar-refractivity contribution >= 4 is 11.7 Å². The Morgan fingerprint density at radius 2 is 2.33 bits per heavy atom. The highest BCUT2D eigenvalue weighted by molar-refractivity contribution is 5.95. The maximum atomic E-state index is 12.3. The molecule has 1 amide bonds. The van der Waals surface area contributed by atoms with Gasteiger partial charge in [0.2, 0.25) is 0 Å². The van der Waals surface area contributed by atoms with Crippen LogP contribution in [0.25, 0.3) is 0 Å². The van der Waals surface area contributed by atoms with E-state index in [0.717, 1.165) is 31.7 Å². The molecule has 0 aliphatic carbocycles. The Balaban J connectivity index is 2.02. The minimum absolute atomic E-state index is 0.0960. The number of amides is 1. The van der Waals surface area contributed by atoms with Crippen molar-refractivity contribution in [1.29, 1.82) is 0 Å². The Morgan fingerprint density at radius 3 is 2.95 bits per heavy atom. The van der Waals surface area contributed by atoms with Gasteiger partial charge in [-0.15, -0.1) is 0 Å². The molecule has 1 aromatic rings. The molecule has 0 saturated carbocycles. The highest BCUT2D eigenvalue weighted by Gasteiger charge is 2.16. The number of aromatic nitrogens is 1. The van der Waals surface area contributed by atoms with Crippen molar-refractivity contribution in [3.8, 4) is 0 Å². The number of carbonyl (C=O) groups excluding carboxylic acids is 1. The largest absolute Gasteiger partial charge is 0.381 e. The van der Waals surface area contributed by atoms with Gasteiger partial charge in [0.25, 0.3) is 5.91 Å². The third-order valence-corrected chi connectivity index (χ3v) is 3.65. The minimum Gasteiger partial charge on any atom is -0.381 e.